The molecule has 0 spiro atoms. The van der Waals surface area contributed by atoms with Crippen LogP contribution < -0.4 is 0 Å². The molecule has 0 N–H and O–H groups in total. The van der Waals surface area contributed by atoms with Crippen LogP contribution in [0.2, 0.25) is 0 Å². The molecule has 1 aliphatic rings. The van der Waals surface area contributed by atoms with Crippen molar-refractivity contribution >= 4 is 6.03 Å². The number of rotatable bonds is 3. The van der Waals surface area contributed by atoms with Crippen molar-refractivity contribution < 1.29 is 4.79 Å². The highest BCUT2D eigenvalue weighted by Gasteiger charge is 2.33. The number of carbonyl (C=O) groups is 1. The third-order valence-electron chi connectivity index (χ3n) is 4.43. The van der Waals surface area contributed by atoms with Gasteiger partial charge in [0.25, 0.3) is 0 Å². The molecule has 1 aromatic carbocycles. The van der Waals surface area contributed by atoms with E-state index in [1.807, 2.05) is 41.8 Å². The smallest absolute Gasteiger partial charge is 0.320 e. The average Bonchev–Trinajstić information content (AvgIpc) is 3.04. The molecule has 0 saturated heterocycles. The molecule has 0 radical (unpaired) electrons. The summed E-state index contributed by atoms with van der Waals surface area (Å²) in [4.78, 5) is 16.8. The molecule has 1 atom stereocenters. The second kappa shape index (κ2) is 6.26. The van der Waals surface area contributed by atoms with Gasteiger partial charge in [0, 0.05) is 38.1 Å². The maximum atomic E-state index is 12.9. The topological polar surface area (TPSA) is 28.5 Å². The van der Waals surface area contributed by atoms with Crippen molar-refractivity contribution in [1.82, 2.24) is 14.4 Å². The number of urea groups is 1. The van der Waals surface area contributed by atoms with Crippen LogP contribution in [-0.2, 0) is 6.54 Å². The van der Waals surface area contributed by atoms with Crippen molar-refractivity contribution in [3.63, 3.8) is 0 Å². The van der Waals surface area contributed by atoms with Gasteiger partial charge in [-0.2, -0.15) is 0 Å². The summed E-state index contributed by atoms with van der Waals surface area (Å²) in [5, 5.41) is 0. The SMILES string of the molecule is CCN(CC)C(=O)N1CCn2cccc2C1c1ccccc1. The molecular formula is C18H23N3O. The molecule has 22 heavy (non-hydrogen) atoms. The Kier molecular flexibility index (Phi) is 4.18. The molecule has 3 rings (SSSR count). The first-order valence-corrected chi connectivity index (χ1v) is 8.01. The zero-order valence-corrected chi connectivity index (χ0v) is 13.3. The van der Waals surface area contributed by atoms with E-state index < -0.39 is 0 Å². The lowest BCUT2D eigenvalue weighted by Gasteiger charge is -2.39. The highest BCUT2D eigenvalue weighted by molar-refractivity contribution is 5.75. The molecule has 4 nitrogen and oxygen atoms in total. The van der Waals surface area contributed by atoms with E-state index in [1.165, 1.54) is 11.3 Å². The Bertz CT molecular complexity index is 631. The van der Waals surface area contributed by atoms with Crippen molar-refractivity contribution in [1.29, 1.82) is 0 Å². The lowest BCUT2D eigenvalue weighted by Crippen LogP contribution is -2.48. The van der Waals surface area contributed by atoms with Crippen LogP contribution in [0.4, 0.5) is 4.79 Å². The average molecular weight is 297 g/mol. The van der Waals surface area contributed by atoms with Gasteiger partial charge in [-0.05, 0) is 31.5 Å². The molecule has 0 aliphatic carbocycles. The van der Waals surface area contributed by atoms with Crippen LogP contribution in [0.1, 0.15) is 31.1 Å². The number of fused-ring (bicyclic) bond motifs is 1. The third kappa shape index (κ3) is 2.49. The monoisotopic (exact) mass is 297 g/mol. The van der Waals surface area contributed by atoms with E-state index in [0.717, 1.165) is 26.2 Å². The highest BCUT2D eigenvalue weighted by atomic mass is 16.2. The van der Waals surface area contributed by atoms with E-state index in [9.17, 15) is 4.79 Å². The van der Waals surface area contributed by atoms with Crippen LogP contribution >= 0.6 is 0 Å². The molecule has 0 saturated carbocycles. The Morgan fingerprint density at radius 2 is 1.82 bits per heavy atom. The summed E-state index contributed by atoms with van der Waals surface area (Å²) < 4.78 is 2.25. The van der Waals surface area contributed by atoms with Gasteiger partial charge in [0.1, 0.15) is 0 Å². The van der Waals surface area contributed by atoms with Crippen molar-refractivity contribution in [2.45, 2.75) is 26.4 Å². The predicted octanol–water partition coefficient (Wildman–Crippen LogP) is 3.35. The van der Waals surface area contributed by atoms with E-state index in [0.29, 0.717) is 0 Å². The molecule has 2 heterocycles. The number of amides is 2. The molecule has 116 valence electrons. The van der Waals surface area contributed by atoms with Gasteiger partial charge in [-0.15, -0.1) is 0 Å². The molecule has 1 aliphatic heterocycles. The van der Waals surface area contributed by atoms with Crippen LogP contribution in [0.15, 0.2) is 48.7 Å². The van der Waals surface area contributed by atoms with Gasteiger partial charge in [0.15, 0.2) is 0 Å². The molecule has 4 heteroatoms. The van der Waals surface area contributed by atoms with Crippen molar-refractivity contribution in [3.05, 3.63) is 59.9 Å². The summed E-state index contributed by atoms with van der Waals surface area (Å²) in [5.74, 6) is 0. The van der Waals surface area contributed by atoms with Gasteiger partial charge < -0.3 is 14.4 Å². The van der Waals surface area contributed by atoms with Crippen LogP contribution in [0.3, 0.4) is 0 Å². The van der Waals surface area contributed by atoms with Gasteiger partial charge >= 0.3 is 6.03 Å². The van der Waals surface area contributed by atoms with E-state index in [-0.39, 0.29) is 12.1 Å². The number of carbonyl (C=O) groups excluding carboxylic acids is 1. The number of hydrogen-bond donors (Lipinski definition) is 0. The summed E-state index contributed by atoms with van der Waals surface area (Å²) in [5.41, 5.74) is 2.36. The summed E-state index contributed by atoms with van der Waals surface area (Å²) in [7, 11) is 0. The maximum Gasteiger partial charge on any atom is 0.320 e. The molecule has 1 aromatic heterocycles. The summed E-state index contributed by atoms with van der Waals surface area (Å²) in [6, 6.07) is 14.6. The Balaban J connectivity index is 2.01. The fourth-order valence-electron chi connectivity index (χ4n) is 3.25. The fourth-order valence-corrected chi connectivity index (χ4v) is 3.25. The lowest BCUT2D eigenvalue weighted by atomic mass is 10.0. The first-order chi connectivity index (χ1) is 10.8. The first-order valence-electron chi connectivity index (χ1n) is 8.01. The number of hydrogen-bond acceptors (Lipinski definition) is 1. The molecular weight excluding hydrogens is 274 g/mol. The minimum atomic E-state index is -0.00181. The fraction of sp³-hybridized carbons (Fsp3) is 0.389. The Morgan fingerprint density at radius 1 is 1.09 bits per heavy atom. The number of aromatic nitrogens is 1. The standard InChI is InChI=1S/C18H23N3O/c1-3-19(4-2)18(22)21-14-13-20-12-8-11-16(20)17(21)15-9-6-5-7-10-15/h5-12,17H,3-4,13-14H2,1-2H3. The van der Waals surface area contributed by atoms with Crippen LogP contribution in [0, 0.1) is 0 Å². The number of nitrogens with zero attached hydrogens (tertiary/aromatic N) is 3. The molecule has 0 bridgehead atoms. The zero-order chi connectivity index (χ0) is 15.5. The van der Waals surface area contributed by atoms with Gasteiger partial charge in [-0.25, -0.2) is 4.79 Å². The quantitative estimate of drug-likeness (QED) is 0.854. The summed E-state index contributed by atoms with van der Waals surface area (Å²) >= 11 is 0. The van der Waals surface area contributed by atoms with E-state index in [2.05, 4.69) is 35.0 Å². The van der Waals surface area contributed by atoms with E-state index in [4.69, 9.17) is 0 Å². The van der Waals surface area contributed by atoms with Gasteiger partial charge in [0.2, 0.25) is 0 Å². The summed E-state index contributed by atoms with van der Waals surface area (Å²) in [6.45, 7) is 7.16. The van der Waals surface area contributed by atoms with Crippen molar-refractivity contribution in [3.8, 4) is 0 Å². The lowest BCUT2D eigenvalue weighted by molar-refractivity contribution is 0.132. The molecule has 1 unspecified atom stereocenters. The van der Waals surface area contributed by atoms with Gasteiger partial charge in [-0.1, -0.05) is 30.3 Å². The highest BCUT2D eigenvalue weighted by Crippen LogP contribution is 2.32. The zero-order valence-electron chi connectivity index (χ0n) is 13.3. The van der Waals surface area contributed by atoms with Gasteiger partial charge in [-0.3, -0.25) is 0 Å². The van der Waals surface area contributed by atoms with Crippen molar-refractivity contribution in [2.75, 3.05) is 19.6 Å². The normalized spacial score (nSPS) is 17.2. The second-order valence-electron chi connectivity index (χ2n) is 5.59. The van der Waals surface area contributed by atoms with E-state index in [1.54, 1.807) is 0 Å². The largest absolute Gasteiger partial charge is 0.348 e. The van der Waals surface area contributed by atoms with Crippen LogP contribution in [-0.4, -0.2) is 40.0 Å². The first kappa shape index (κ1) is 14.7. The Hall–Kier alpha value is -2.23. The van der Waals surface area contributed by atoms with E-state index >= 15 is 0 Å². The number of benzene rings is 1. The van der Waals surface area contributed by atoms with Crippen LogP contribution in [0.5, 0.6) is 0 Å². The second-order valence-corrected chi connectivity index (χ2v) is 5.59. The minimum Gasteiger partial charge on any atom is -0.348 e. The minimum absolute atomic E-state index is 0.00181. The summed E-state index contributed by atoms with van der Waals surface area (Å²) in [6.07, 6.45) is 2.10. The molecule has 0 fully saturated rings. The van der Waals surface area contributed by atoms with Gasteiger partial charge in [0.05, 0.1) is 6.04 Å². The van der Waals surface area contributed by atoms with Crippen LogP contribution in [0.25, 0.3) is 0 Å². The van der Waals surface area contributed by atoms with Crippen molar-refractivity contribution in [2.24, 2.45) is 0 Å². The Morgan fingerprint density at radius 3 is 2.50 bits per heavy atom. The Labute approximate surface area is 132 Å². The maximum absolute atomic E-state index is 12.9. The predicted molar refractivity (Wildman–Crippen MR) is 87.7 cm³/mol. The third-order valence-corrected chi connectivity index (χ3v) is 4.43. The molecule has 2 amide bonds. The molecule has 2 aromatic rings.